The van der Waals surface area contributed by atoms with Crippen molar-refractivity contribution in [1.82, 2.24) is 15.3 Å². The summed E-state index contributed by atoms with van der Waals surface area (Å²) in [6.07, 6.45) is 2.55. The lowest BCUT2D eigenvalue weighted by Gasteiger charge is -2.32. The standard InChI is InChI=1S/C28H30BClN4O4/c1-27(2)28(3,4)38-29(37-27)17(13-23-25(31)34-24(30)15-32-23)14-33-26(35)36-16-22-20-11-7-5-9-18(20)19-10-6-8-12-21(19)22/h5-13,15,22H,14,16H2,1-4H3,(H2,31,34)(H,33,35). The molecule has 0 bridgehead atoms. The molecule has 3 N–H and O–H groups in total. The van der Waals surface area contributed by atoms with Crippen molar-refractivity contribution in [3.63, 3.8) is 0 Å². The van der Waals surface area contributed by atoms with Gasteiger partial charge in [-0.3, -0.25) is 0 Å². The third kappa shape index (κ3) is 5.01. The molecule has 10 heteroatoms. The van der Waals surface area contributed by atoms with E-state index in [0.29, 0.717) is 11.2 Å². The van der Waals surface area contributed by atoms with Crippen LogP contribution < -0.4 is 11.1 Å². The summed E-state index contributed by atoms with van der Waals surface area (Å²) in [5.41, 5.74) is 10.5. The van der Waals surface area contributed by atoms with E-state index >= 15 is 0 Å². The number of benzene rings is 2. The van der Waals surface area contributed by atoms with Gasteiger partial charge in [0.15, 0.2) is 5.82 Å². The van der Waals surface area contributed by atoms with Crippen molar-refractivity contribution < 1.29 is 18.8 Å². The monoisotopic (exact) mass is 532 g/mol. The van der Waals surface area contributed by atoms with E-state index in [9.17, 15) is 4.79 Å². The van der Waals surface area contributed by atoms with Gasteiger partial charge >= 0.3 is 13.2 Å². The number of rotatable bonds is 6. The predicted molar refractivity (Wildman–Crippen MR) is 149 cm³/mol. The van der Waals surface area contributed by atoms with Gasteiger partial charge in [0.05, 0.1) is 17.4 Å². The van der Waals surface area contributed by atoms with Crippen LogP contribution >= 0.6 is 11.6 Å². The number of carbonyl (C=O) groups is 1. The zero-order chi connectivity index (χ0) is 27.1. The maximum absolute atomic E-state index is 12.8. The molecule has 1 saturated heterocycles. The Morgan fingerprint density at radius 1 is 1.08 bits per heavy atom. The maximum atomic E-state index is 12.8. The molecule has 2 aliphatic rings. The number of hydrogen-bond acceptors (Lipinski definition) is 7. The van der Waals surface area contributed by atoms with Crippen molar-refractivity contribution in [3.05, 3.63) is 82.2 Å². The molecule has 0 saturated carbocycles. The molecule has 0 unspecified atom stereocenters. The fourth-order valence-corrected chi connectivity index (χ4v) is 4.84. The summed E-state index contributed by atoms with van der Waals surface area (Å²) in [7, 11) is -0.731. The van der Waals surface area contributed by atoms with Crippen molar-refractivity contribution in [2.24, 2.45) is 0 Å². The fourth-order valence-electron chi connectivity index (χ4n) is 4.70. The molecule has 0 radical (unpaired) electrons. The molecule has 38 heavy (non-hydrogen) atoms. The molecule has 0 atom stereocenters. The maximum Gasteiger partial charge on any atom is 0.492 e. The van der Waals surface area contributed by atoms with E-state index in [2.05, 4.69) is 39.6 Å². The highest BCUT2D eigenvalue weighted by atomic mass is 35.5. The van der Waals surface area contributed by atoms with Crippen molar-refractivity contribution in [2.75, 3.05) is 18.9 Å². The fraction of sp³-hybridized carbons (Fsp3) is 0.321. The topological polar surface area (TPSA) is 109 Å². The van der Waals surface area contributed by atoms with Gasteiger partial charge in [0.25, 0.3) is 0 Å². The Labute approximate surface area is 227 Å². The quantitative estimate of drug-likeness (QED) is 0.417. The van der Waals surface area contributed by atoms with Crippen LogP contribution in [-0.2, 0) is 14.0 Å². The summed E-state index contributed by atoms with van der Waals surface area (Å²) in [5, 5.41) is 3.02. The van der Waals surface area contributed by atoms with Crippen LogP contribution in [0.25, 0.3) is 17.2 Å². The Balaban J connectivity index is 1.31. The lowest BCUT2D eigenvalue weighted by Crippen LogP contribution is -2.41. The molecule has 3 aromatic rings. The highest BCUT2D eigenvalue weighted by molar-refractivity contribution is 6.56. The third-order valence-corrected chi connectivity index (χ3v) is 7.64. The van der Waals surface area contributed by atoms with Crippen LogP contribution in [0.4, 0.5) is 10.6 Å². The summed E-state index contributed by atoms with van der Waals surface area (Å²) in [6, 6.07) is 16.4. The Morgan fingerprint density at radius 3 is 2.24 bits per heavy atom. The summed E-state index contributed by atoms with van der Waals surface area (Å²) >= 11 is 5.91. The molecule has 1 aliphatic heterocycles. The van der Waals surface area contributed by atoms with Gasteiger partial charge in [0.2, 0.25) is 0 Å². The average molecular weight is 533 g/mol. The van der Waals surface area contributed by atoms with Gasteiger partial charge in [-0.1, -0.05) is 60.1 Å². The van der Waals surface area contributed by atoms with Gasteiger partial charge in [-0.05, 0) is 61.5 Å². The largest absolute Gasteiger partial charge is 0.492 e. The lowest BCUT2D eigenvalue weighted by molar-refractivity contribution is 0.00578. The number of aromatic nitrogens is 2. The van der Waals surface area contributed by atoms with E-state index in [1.165, 1.54) is 17.3 Å². The Bertz CT molecular complexity index is 1350. The number of nitrogen functional groups attached to an aromatic ring is 1. The van der Waals surface area contributed by atoms with Gasteiger partial charge in [-0.2, -0.15) is 0 Å². The minimum Gasteiger partial charge on any atom is -0.449 e. The molecule has 1 amide bonds. The van der Waals surface area contributed by atoms with Gasteiger partial charge in [-0.25, -0.2) is 14.8 Å². The first kappa shape index (κ1) is 26.2. The predicted octanol–water partition coefficient (Wildman–Crippen LogP) is 5.27. The first-order valence-electron chi connectivity index (χ1n) is 12.5. The number of fused-ring (bicyclic) bond motifs is 3. The summed E-state index contributed by atoms with van der Waals surface area (Å²) in [4.78, 5) is 21.2. The molecular weight excluding hydrogens is 503 g/mol. The molecule has 196 valence electrons. The van der Waals surface area contributed by atoms with Gasteiger partial charge in [-0.15, -0.1) is 0 Å². The van der Waals surface area contributed by atoms with Crippen LogP contribution in [0, 0.1) is 0 Å². The van der Waals surface area contributed by atoms with Gasteiger partial charge in [0, 0.05) is 12.5 Å². The number of carbonyl (C=O) groups excluding carboxylic acids is 1. The molecule has 2 aromatic carbocycles. The van der Waals surface area contributed by atoms with Crippen molar-refractivity contribution in [1.29, 1.82) is 0 Å². The van der Waals surface area contributed by atoms with Crippen LogP contribution in [0.3, 0.4) is 0 Å². The van der Waals surface area contributed by atoms with E-state index < -0.39 is 24.4 Å². The summed E-state index contributed by atoms with van der Waals surface area (Å²) in [5.74, 6) is 0.128. The Hall–Kier alpha value is -3.40. The highest BCUT2D eigenvalue weighted by Gasteiger charge is 2.52. The smallest absolute Gasteiger partial charge is 0.449 e. The molecule has 2 heterocycles. The van der Waals surface area contributed by atoms with E-state index in [0.717, 1.165) is 11.1 Å². The zero-order valence-corrected chi connectivity index (χ0v) is 22.6. The van der Waals surface area contributed by atoms with Crippen molar-refractivity contribution >= 4 is 36.7 Å². The molecule has 1 aliphatic carbocycles. The minimum absolute atomic E-state index is 0.0320. The zero-order valence-electron chi connectivity index (χ0n) is 21.8. The number of nitrogens with two attached hydrogens (primary N) is 1. The van der Waals surface area contributed by atoms with Crippen LogP contribution in [0.15, 0.2) is 60.2 Å². The number of nitrogens with zero attached hydrogens (tertiary/aromatic N) is 2. The second kappa shape index (κ2) is 10.1. The normalized spacial score (nSPS) is 17.7. The second-order valence-electron chi connectivity index (χ2n) is 10.4. The van der Waals surface area contributed by atoms with Crippen molar-refractivity contribution in [3.8, 4) is 11.1 Å². The number of alkyl carbamates (subject to hydrolysis) is 1. The third-order valence-electron chi connectivity index (χ3n) is 7.46. The van der Waals surface area contributed by atoms with Crippen LogP contribution in [0.1, 0.15) is 50.4 Å². The highest BCUT2D eigenvalue weighted by Crippen LogP contribution is 2.44. The Kier molecular flexibility index (Phi) is 6.94. The summed E-state index contributed by atoms with van der Waals surface area (Å²) < 4.78 is 18.1. The number of amides is 1. The molecular formula is C28H30BClN4O4. The lowest BCUT2D eigenvalue weighted by atomic mass is 9.77. The molecule has 8 nitrogen and oxygen atoms in total. The number of ether oxygens (including phenoxy) is 1. The average Bonchev–Trinajstić information content (AvgIpc) is 3.30. The van der Waals surface area contributed by atoms with Crippen LogP contribution in [0.2, 0.25) is 5.15 Å². The number of anilines is 1. The van der Waals surface area contributed by atoms with Crippen LogP contribution in [-0.4, -0.2) is 47.5 Å². The van der Waals surface area contributed by atoms with Gasteiger partial charge in [0.1, 0.15) is 17.5 Å². The van der Waals surface area contributed by atoms with Crippen molar-refractivity contribution in [2.45, 2.75) is 44.8 Å². The first-order chi connectivity index (χ1) is 18.1. The van der Waals surface area contributed by atoms with E-state index in [1.54, 1.807) is 6.08 Å². The minimum atomic E-state index is -0.731. The number of halogens is 1. The van der Waals surface area contributed by atoms with E-state index in [1.807, 2.05) is 52.0 Å². The molecule has 0 spiro atoms. The Morgan fingerprint density at radius 2 is 1.66 bits per heavy atom. The SMILES string of the molecule is CC1(C)OB(C(=Cc2ncc(Cl)nc2N)CNC(=O)OCC2c3ccccc3-c3ccccc32)OC1(C)C. The van der Waals surface area contributed by atoms with E-state index in [4.69, 9.17) is 31.4 Å². The summed E-state index contributed by atoms with van der Waals surface area (Å²) in [6.45, 7) is 8.14. The molecule has 5 rings (SSSR count). The first-order valence-corrected chi connectivity index (χ1v) is 12.9. The number of nitrogens with one attached hydrogen (secondary N) is 1. The second-order valence-corrected chi connectivity index (χ2v) is 10.8. The number of hydrogen-bond donors (Lipinski definition) is 2. The van der Waals surface area contributed by atoms with Crippen LogP contribution in [0.5, 0.6) is 0 Å². The molecule has 1 aromatic heterocycles. The van der Waals surface area contributed by atoms with Gasteiger partial charge < -0.3 is 25.1 Å². The molecule has 1 fully saturated rings. The van der Waals surface area contributed by atoms with E-state index in [-0.39, 0.29) is 30.0 Å².